The number of nitrogens with one attached hydrogen (secondary N) is 1. The smallest absolute Gasteiger partial charge is 0.339 e. The van der Waals surface area contributed by atoms with E-state index in [9.17, 15) is 9.90 Å². The second-order valence-electron chi connectivity index (χ2n) is 10.8. The Kier molecular flexibility index (Phi) is 3.97. The number of phenols is 1. The Bertz CT molecular complexity index is 1010. The fourth-order valence-electron chi connectivity index (χ4n) is 6.91. The van der Waals surface area contributed by atoms with Gasteiger partial charge in [0.1, 0.15) is 12.3 Å². The summed E-state index contributed by atoms with van der Waals surface area (Å²) in [5, 5.41) is 11.7. The molecular weight excluding hydrogens is 350 g/mol. The number of hydrogen-bond donors (Lipinski definition) is 2. The summed E-state index contributed by atoms with van der Waals surface area (Å²) in [6.07, 6.45) is 7.68. The van der Waals surface area contributed by atoms with Gasteiger partial charge in [0.15, 0.2) is 5.58 Å². The van der Waals surface area contributed by atoms with Gasteiger partial charge in [0.05, 0.1) is 18.2 Å². The Balaban J connectivity index is 1.57. The van der Waals surface area contributed by atoms with E-state index in [2.05, 4.69) is 20.8 Å². The molecule has 1 unspecified atom stereocenters. The highest BCUT2D eigenvalue weighted by atomic mass is 16.4. The first kappa shape index (κ1) is 18.2. The van der Waals surface area contributed by atoms with Gasteiger partial charge in [-0.2, -0.15) is 0 Å². The van der Waals surface area contributed by atoms with Crippen LogP contribution in [0.4, 0.5) is 0 Å². The van der Waals surface area contributed by atoms with Gasteiger partial charge in [0.2, 0.25) is 0 Å². The molecule has 4 heteroatoms. The molecule has 28 heavy (non-hydrogen) atoms. The minimum Gasteiger partial charge on any atom is -0.507 e. The highest BCUT2D eigenvalue weighted by Crippen LogP contribution is 2.47. The predicted octanol–water partition coefficient (Wildman–Crippen LogP) is 3.36. The van der Waals surface area contributed by atoms with E-state index in [1.165, 1.54) is 24.2 Å². The van der Waals surface area contributed by atoms with Crippen LogP contribution < -0.4 is 10.5 Å². The third-order valence-corrected chi connectivity index (χ3v) is 7.55. The molecule has 3 atom stereocenters. The van der Waals surface area contributed by atoms with E-state index < -0.39 is 0 Å². The number of fused-ring (bicyclic) bond motifs is 5. The average Bonchev–Trinajstić information content (AvgIpc) is 2.86. The number of aryl methyl sites for hydroxylation is 1. The summed E-state index contributed by atoms with van der Waals surface area (Å²) in [7, 11) is 0. The minimum atomic E-state index is -0.197. The van der Waals surface area contributed by atoms with Crippen LogP contribution in [0, 0.1) is 10.8 Å². The maximum atomic E-state index is 12.6. The predicted molar refractivity (Wildman–Crippen MR) is 110 cm³/mol. The van der Waals surface area contributed by atoms with Gasteiger partial charge in [-0.25, -0.2) is 4.79 Å². The lowest BCUT2D eigenvalue weighted by Gasteiger charge is -2.37. The molecule has 1 saturated carbocycles. The van der Waals surface area contributed by atoms with Gasteiger partial charge < -0.3 is 14.4 Å². The van der Waals surface area contributed by atoms with Crippen molar-refractivity contribution in [2.24, 2.45) is 10.8 Å². The molecule has 0 amide bonds. The monoisotopic (exact) mass is 382 g/mol. The average molecular weight is 383 g/mol. The maximum absolute atomic E-state index is 12.6. The van der Waals surface area contributed by atoms with Crippen molar-refractivity contribution >= 4 is 11.0 Å². The van der Waals surface area contributed by atoms with Crippen LogP contribution in [0.2, 0.25) is 0 Å². The van der Waals surface area contributed by atoms with Crippen LogP contribution in [-0.4, -0.2) is 17.7 Å². The van der Waals surface area contributed by atoms with Gasteiger partial charge in [-0.3, -0.25) is 0 Å². The molecule has 150 valence electrons. The van der Waals surface area contributed by atoms with Crippen molar-refractivity contribution in [2.75, 3.05) is 6.54 Å². The summed E-state index contributed by atoms with van der Waals surface area (Å²) in [6.45, 7) is 9.07. The van der Waals surface area contributed by atoms with Gasteiger partial charge >= 0.3 is 5.63 Å². The van der Waals surface area contributed by atoms with E-state index in [1.807, 2.05) is 6.07 Å². The first-order valence-corrected chi connectivity index (χ1v) is 10.9. The molecule has 0 radical (unpaired) electrons. The van der Waals surface area contributed by atoms with E-state index >= 15 is 0 Å². The normalized spacial score (nSPS) is 31.1. The molecule has 1 aromatic heterocycles. The number of aromatic hydroxyl groups is 1. The van der Waals surface area contributed by atoms with Gasteiger partial charge in [-0.05, 0) is 55.2 Å². The van der Waals surface area contributed by atoms with Crippen LogP contribution in [0.5, 0.6) is 5.75 Å². The largest absolute Gasteiger partial charge is 0.507 e. The van der Waals surface area contributed by atoms with Crippen LogP contribution in [0.1, 0.15) is 69.6 Å². The zero-order valence-electron chi connectivity index (χ0n) is 17.4. The van der Waals surface area contributed by atoms with Crippen LogP contribution in [0.3, 0.4) is 0 Å². The number of quaternary nitrogens is 1. The van der Waals surface area contributed by atoms with Crippen molar-refractivity contribution in [3.8, 4) is 5.75 Å². The molecule has 2 fully saturated rings. The standard InChI is InChI=1S/C24H31NO3/c1-23(2)10-15-11-24(3,13-23)14-25(15)12-19-20(26)9-8-17-16-6-4-5-7-18(16)22(27)28-21(17)19/h8-9,15,26H,4-7,10-14H2,1-3H3/p+1/t15-,24-/m0/s1. The molecule has 2 heterocycles. The van der Waals surface area contributed by atoms with Crippen LogP contribution >= 0.6 is 0 Å². The molecular formula is C24H32NO3+. The van der Waals surface area contributed by atoms with Crippen molar-refractivity contribution in [1.29, 1.82) is 0 Å². The zero-order chi connectivity index (χ0) is 19.7. The summed E-state index contributed by atoms with van der Waals surface area (Å²) in [6, 6.07) is 4.37. The second-order valence-corrected chi connectivity index (χ2v) is 10.8. The molecule has 4 nitrogen and oxygen atoms in total. The van der Waals surface area contributed by atoms with Gasteiger partial charge in [-0.1, -0.05) is 20.8 Å². The molecule has 2 aliphatic carbocycles. The highest BCUT2D eigenvalue weighted by molar-refractivity contribution is 5.86. The van der Waals surface area contributed by atoms with E-state index in [0.717, 1.165) is 60.8 Å². The number of rotatable bonds is 2. The number of benzene rings is 1. The number of hydrogen-bond acceptors (Lipinski definition) is 3. The van der Waals surface area contributed by atoms with Crippen LogP contribution in [0.15, 0.2) is 21.3 Å². The molecule has 1 aliphatic heterocycles. The molecule has 5 rings (SSSR count). The lowest BCUT2D eigenvalue weighted by atomic mass is 9.65. The lowest BCUT2D eigenvalue weighted by Crippen LogP contribution is -3.12. The van der Waals surface area contributed by atoms with Crippen molar-refractivity contribution in [3.63, 3.8) is 0 Å². The van der Waals surface area contributed by atoms with Crippen molar-refractivity contribution in [3.05, 3.63) is 39.2 Å². The molecule has 3 aliphatic rings. The minimum absolute atomic E-state index is 0.197. The van der Waals surface area contributed by atoms with E-state index in [0.29, 0.717) is 22.5 Å². The summed E-state index contributed by atoms with van der Waals surface area (Å²) >= 11 is 0. The summed E-state index contributed by atoms with van der Waals surface area (Å²) < 4.78 is 5.83. The summed E-state index contributed by atoms with van der Waals surface area (Å²) in [5.74, 6) is 0.268. The van der Waals surface area contributed by atoms with Gasteiger partial charge in [0, 0.05) is 29.2 Å². The Hall–Kier alpha value is -1.81. The fraction of sp³-hybridized carbons (Fsp3) is 0.625. The van der Waals surface area contributed by atoms with E-state index in [-0.39, 0.29) is 11.4 Å². The lowest BCUT2D eigenvalue weighted by molar-refractivity contribution is -0.928. The maximum Gasteiger partial charge on any atom is 0.339 e. The Morgan fingerprint density at radius 1 is 1.14 bits per heavy atom. The molecule has 1 saturated heterocycles. The van der Waals surface area contributed by atoms with Crippen LogP contribution in [0.25, 0.3) is 11.0 Å². The van der Waals surface area contributed by atoms with Crippen molar-refractivity contribution in [1.82, 2.24) is 0 Å². The van der Waals surface area contributed by atoms with Crippen molar-refractivity contribution in [2.45, 2.75) is 78.3 Å². The molecule has 2 aromatic rings. The summed E-state index contributed by atoms with van der Waals surface area (Å²) in [5.41, 5.74) is 4.03. The Morgan fingerprint density at radius 3 is 2.68 bits per heavy atom. The number of likely N-dealkylation sites (tertiary alicyclic amines) is 1. The SMILES string of the molecule is CC1(C)C[C@H]2C[C@](C)(C[NH+]2Cc2c(O)ccc3c4c(c(=O)oc23)CCCC4)C1. The third-order valence-electron chi connectivity index (χ3n) is 7.55. The van der Waals surface area contributed by atoms with E-state index in [4.69, 9.17) is 4.42 Å². The summed E-state index contributed by atoms with van der Waals surface area (Å²) in [4.78, 5) is 14.2. The quantitative estimate of drug-likeness (QED) is 0.783. The first-order valence-electron chi connectivity index (χ1n) is 10.9. The van der Waals surface area contributed by atoms with Gasteiger partial charge in [0.25, 0.3) is 0 Å². The molecule has 2 bridgehead atoms. The third kappa shape index (κ3) is 2.88. The highest BCUT2D eigenvalue weighted by Gasteiger charge is 2.52. The molecule has 0 spiro atoms. The second kappa shape index (κ2) is 6.09. The van der Waals surface area contributed by atoms with E-state index in [1.54, 1.807) is 6.07 Å². The van der Waals surface area contributed by atoms with Crippen LogP contribution in [-0.2, 0) is 19.4 Å². The Labute approximate surface area is 166 Å². The Morgan fingerprint density at radius 2 is 1.89 bits per heavy atom. The molecule has 1 aromatic carbocycles. The number of phenolic OH excluding ortho intramolecular Hbond substituents is 1. The van der Waals surface area contributed by atoms with Crippen molar-refractivity contribution < 1.29 is 14.4 Å². The first-order chi connectivity index (χ1) is 13.2. The molecule has 2 N–H and O–H groups in total. The van der Waals surface area contributed by atoms with Gasteiger partial charge in [-0.15, -0.1) is 0 Å². The topological polar surface area (TPSA) is 54.9 Å². The zero-order valence-corrected chi connectivity index (χ0v) is 17.4. The fourth-order valence-corrected chi connectivity index (χ4v) is 6.91.